The molecule has 0 spiro atoms. The zero-order valence-electron chi connectivity index (χ0n) is 18.3. The number of cyclic esters (lactones) is 1. The summed E-state index contributed by atoms with van der Waals surface area (Å²) in [5.41, 5.74) is 3.42. The summed E-state index contributed by atoms with van der Waals surface area (Å²) in [6.07, 6.45) is 1.28. The number of benzene rings is 1. The first-order chi connectivity index (χ1) is 14.2. The summed E-state index contributed by atoms with van der Waals surface area (Å²) in [5.74, 6) is -0.960. The third-order valence-corrected chi connectivity index (χ3v) is 6.42. The highest BCUT2D eigenvalue weighted by atomic mass is 16.5. The number of ether oxygens (including phenoxy) is 2. The minimum atomic E-state index is -0.673. The Hall–Kier alpha value is -2.21. The van der Waals surface area contributed by atoms with Gasteiger partial charge in [-0.2, -0.15) is 0 Å². The normalized spacial score (nSPS) is 27.2. The molecule has 1 aliphatic carbocycles. The van der Waals surface area contributed by atoms with Gasteiger partial charge in [-0.05, 0) is 43.7 Å². The van der Waals surface area contributed by atoms with Crippen LogP contribution in [0.2, 0.25) is 0 Å². The molecular weight excluding hydrogens is 384 g/mol. The summed E-state index contributed by atoms with van der Waals surface area (Å²) in [4.78, 5) is 37.0. The maximum absolute atomic E-state index is 12.9. The van der Waals surface area contributed by atoms with E-state index < -0.39 is 12.2 Å². The lowest BCUT2D eigenvalue weighted by molar-refractivity contribution is -0.160. The third-order valence-electron chi connectivity index (χ3n) is 6.42. The molecule has 164 valence electrons. The van der Waals surface area contributed by atoms with E-state index in [4.69, 9.17) is 9.47 Å². The van der Waals surface area contributed by atoms with Gasteiger partial charge in [0.05, 0.1) is 18.4 Å². The van der Waals surface area contributed by atoms with Crippen LogP contribution in [0, 0.1) is 18.8 Å². The van der Waals surface area contributed by atoms with Gasteiger partial charge in [0.1, 0.15) is 12.2 Å². The van der Waals surface area contributed by atoms with Crippen molar-refractivity contribution in [3.8, 4) is 0 Å². The number of rotatable bonds is 6. The summed E-state index contributed by atoms with van der Waals surface area (Å²) < 4.78 is 11.3. The second-order valence-electron chi connectivity index (χ2n) is 8.80. The predicted molar refractivity (Wildman–Crippen MR) is 111 cm³/mol. The van der Waals surface area contributed by atoms with Crippen LogP contribution < -0.4 is 0 Å². The number of aliphatic hydroxyl groups excluding tert-OH is 1. The van der Waals surface area contributed by atoms with Gasteiger partial charge in [0, 0.05) is 23.5 Å². The van der Waals surface area contributed by atoms with Gasteiger partial charge in [-0.1, -0.05) is 32.9 Å². The van der Waals surface area contributed by atoms with Crippen molar-refractivity contribution in [1.29, 1.82) is 0 Å². The molecule has 6 nitrogen and oxygen atoms in total. The van der Waals surface area contributed by atoms with Gasteiger partial charge >= 0.3 is 11.9 Å². The Kier molecular flexibility index (Phi) is 6.96. The molecule has 1 saturated heterocycles. The highest BCUT2D eigenvalue weighted by Gasteiger charge is 2.36. The lowest BCUT2D eigenvalue weighted by Crippen LogP contribution is -2.33. The fraction of sp³-hybridized carbons (Fsp3) is 0.625. The number of carbonyl (C=O) groups is 3. The highest BCUT2D eigenvalue weighted by molar-refractivity contribution is 6.00. The van der Waals surface area contributed by atoms with Gasteiger partial charge in [0.25, 0.3) is 0 Å². The molecule has 0 bridgehead atoms. The number of hydrogen-bond acceptors (Lipinski definition) is 6. The zero-order valence-corrected chi connectivity index (χ0v) is 18.3. The Morgan fingerprint density at radius 1 is 1.30 bits per heavy atom. The number of hydrogen-bond donors (Lipinski definition) is 1. The molecule has 1 aliphatic heterocycles. The summed E-state index contributed by atoms with van der Waals surface area (Å²) in [7, 11) is 0. The fourth-order valence-corrected chi connectivity index (χ4v) is 4.37. The zero-order chi connectivity index (χ0) is 22.0. The Labute approximate surface area is 177 Å². The molecule has 3 rings (SSSR count). The summed E-state index contributed by atoms with van der Waals surface area (Å²) >= 11 is 0. The first kappa shape index (κ1) is 22.5. The summed E-state index contributed by atoms with van der Waals surface area (Å²) in [6, 6.07) is 3.76. The molecule has 0 aromatic heterocycles. The average molecular weight is 417 g/mol. The predicted octanol–water partition coefficient (Wildman–Crippen LogP) is 3.85. The molecule has 0 saturated carbocycles. The smallest absolute Gasteiger partial charge is 0.309 e. The molecular formula is C24H32O6. The largest absolute Gasteiger partial charge is 0.462 e. The number of Topliss-reactive ketones (excluding diaryl/α,β-unsaturated/α-hetero) is 1. The highest BCUT2D eigenvalue weighted by Crippen LogP contribution is 2.40. The van der Waals surface area contributed by atoms with Crippen LogP contribution in [0.4, 0.5) is 0 Å². The van der Waals surface area contributed by atoms with Gasteiger partial charge in [0.15, 0.2) is 5.78 Å². The van der Waals surface area contributed by atoms with E-state index in [1.54, 1.807) is 0 Å². The Morgan fingerprint density at radius 2 is 2.03 bits per heavy atom. The monoisotopic (exact) mass is 416 g/mol. The van der Waals surface area contributed by atoms with E-state index in [0.29, 0.717) is 37.7 Å². The van der Waals surface area contributed by atoms with E-state index in [2.05, 4.69) is 0 Å². The molecule has 1 fully saturated rings. The van der Waals surface area contributed by atoms with E-state index in [-0.39, 0.29) is 42.1 Å². The van der Waals surface area contributed by atoms with Crippen molar-refractivity contribution in [2.75, 3.05) is 0 Å². The van der Waals surface area contributed by atoms with Crippen LogP contribution in [0.3, 0.4) is 0 Å². The minimum Gasteiger partial charge on any atom is -0.462 e. The van der Waals surface area contributed by atoms with Crippen molar-refractivity contribution in [2.45, 2.75) is 84.5 Å². The minimum absolute atomic E-state index is 0.0380. The van der Waals surface area contributed by atoms with Crippen molar-refractivity contribution in [2.24, 2.45) is 11.8 Å². The molecule has 5 atom stereocenters. The average Bonchev–Trinajstić information content (AvgIpc) is 2.69. The number of esters is 2. The van der Waals surface area contributed by atoms with Crippen LogP contribution in [-0.2, 0) is 25.5 Å². The number of aryl methyl sites for hydroxylation is 1. The van der Waals surface area contributed by atoms with E-state index in [1.165, 1.54) is 0 Å². The van der Waals surface area contributed by atoms with Crippen LogP contribution in [0.15, 0.2) is 12.1 Å². The lowest BCUT2D eigenvalue weighted by atomic mass is 9.77. The Balaban J connectivity index is 1.89. The molecule has 1 aromatic carbocycles. The molecule has 2 aliphatic rings. The third kappa shape index (κ3) is 4.75. The summed E-state index contributed by atoms with van der Waals surface area (Å²) in [5, 5.41) is 9.87. The molecule has 0 radical (unpaired) electrons. The second kappa shape index (κ2) is 9.29. The van der Waals surface area contributed by atoms with Gasteiger partial charge in [-0.3, -0.25) is 14.4 Å². The van der Waals surface area contributed by atoms with Crippen molar-refractivity contribution in [1.82, 2.24) is 0 Å². The van der Waals surface area contributed by atoms with Crippen molar-refractivity contribution in [3.05, 3.63) is 34.4 Å². The van der Waals surface area contributed by atoms with Crippen LogP contribution in [-0.4, -0.2) is 35.0 Å². The van der Waals surface area contributed by atoms with Crippen molar-refractivity contribution in [3.63, 3.8) is 0 Å². The standard InChI is InChI=1S/C24H32O6/c1-5-13(2)24(28)30-20-10-15(4)23(27)19-8-6-14(3)18(22(19)20)9-7-17-11-16(25)12-21(26)29-17/h6,8,13,15-17,20,25H,5,7,9-12H2,1-4H3/t13-,15-,16-,17-,20+/m1/s1. The first-order valence-electron chi connectivity index (χ1n) is 11.0. The quantitative estimate of drug-likeness (QED) is 0.709. The molecule has 6 heteroatoms. The fourth-order valence-electron chi connectivity index (χ4n) is 4.37. The van der Waals surface area contributed by atoms with Gasteiger partial charge in [0.2, 0.25) is 0 Å². The Morgan fingerprint density at radius 3 is 2.70 bits per heavy atom. The number of aliphatic hydroxyl groups is 1. The number of fused-ring (bicyclic) bond motifs is 1. The van der Waals surface area contributed by atoms with Gasteiger partial charge in [-0.25, -0.2) is 0 Å². The molecule has 0 unspecified atom stereocenters. The van der Waals surface area contributed by atoms with Crippen molar-refractivity contribution < 1.29 is 29.0 Å². The molecule has 1 N–H and O–H groups in total. The number of ketones is 1. The second-order valence-corrected chi connectivity index (χ2v) is 8.80. The van der Waals surface area contributed by atoms with Gasteiger partial charge in [-0.15, -0.1) is 0 Å². The van der Waals surface area contributed by atoms with Crippen LogP contribution in [0.25, 0.3) is 0 Å². The lowest BCUT2D eigenvalue weighted by Gasteiger charge is -2.32. The van der Waals surface area contributed by atoms with Crippen LogP contribution >= 0.6 is 0 Å². The Bertz CT molecular complexity index is 829. The topological polar surface area (TPSA) is 89.9 Å². The van der Waals surface area contributed by atoms with Crippen molar-refractivity contribution >= 4 is 17.7 Å². The molecule has 0 amide bonds. The van der Waals surface area contributed by atoms with Crippen LogP contribution in [0.5, 0.6) is 0 Å². The van der Waals surface area contributed by atoms with E-state index in [0.717, 1.165) is 16.7 Å². The molecule has 30 heavy (non-hydrogen) atoms. The van der Waals surface area contributed by atoms with E-state index in [9.17, 15) is 19.5 Å². The molecule has 1 aromatic rings. The SMILES string of the molecule is CC[C@@H](C)C(=O)O[C@H]1C[C@@H](C)C(=O)c2ccc(C)c(CC[C@@H]3C[C@@H](O)CC(=O)O3)c21. The summed E-state index contributed by atoms with van der Waals surface area (Å²) in [6.45, 7) is 7.65. The maximum Gasteiger partial charge on any atom is 0.309 e. The van der Waals surface area contributed by atoms with Gasteiger partial charge < -0.3 is 14.6 Å². The number of carbonyl (C=O) groups excluding carboxylic acids is 3. The van der Waals surface area contributed by atoms with Crippen LogP contribution in [0.1, 0.15) is 86.0 Å². The first-order valence-corrected chi connectivity index (χ1v) is 11.0. The van der Waals surface area contributed by atoms with E-state index >= 15 is 0 Å². The maximum atomic E-state index is 12.9. The van der Waals surface area contributed by atoms with E-state index in [1.807, 2.05) is 39.8 Å². The molecule has 1 heterocycles.